The van der Waals surface area contributed by atoms with E-state index < -0.39 is 5.97 Å². The standard InChI is InChI=1S/C12H10BrNO4/c1-6-3-4-7(13)11(17-2)10(6)8-5-9(12(15)16)18-14-8/h3-5H,1-2H3,(H,15,16). The van der Waals surface area contributed by atoms with Crippen molar-refractivity contribution in [1.82, 2.24) is 5.16 Å². The fourth-order valence-corrected chi connectivity index (χ4v) is 2.16. The molecular formula is C12H10BrNO4. The van der Waals surface area contributed by atoms with Crippen molar-refractivity contribution in [2.24, 2.45) is 0 Å². The first-order valence-electron chi connectivity index (χ1n) is 5.08. The van der Waals surface area contributed by atoms with Gasteiger partial charge in [-0.25, -0.2) is 4.79 Å². The molecule has 0 amide bonds. The average molecular weight is 312 g/mol. The predicted molar refractivity (Wildman–Crippen MR) is 67.9 cm³/mol. The van der Waals surface area contributed by atoms with Gasteiger partial charge in [0, 0.05) is 11.6 Å². The number of nitrogens with zero attached hydrogens (tertiary/aromatic N) is 1. The molecule has 1 aromatic heterocycles. The average Bonchev–Trinajstić information content (AvgIpc) is 2.81. The van der Waals surface area contributed by atoms with Gasteiger partial charge in [-0.1, -0.05) is 11.2 Å². The van der Waals surface area contributed by atoms with Crippen LogP contribution in [0.2, 0.25) is 0 Å². The number of methoxy groups -OCH3 is 1. The number of hydrogen-bond acceptors (Lipinski definition) is 4. The molecule has 1 aromatic carbocycles. The van der Waals surface area contributed by atoms with Gasteiger partial charge in [0.05, 0.1) is 11.6 Å². The highest BCUT2D eigenvalue weighted by molar-refractivity contribution is 9.10. The zero-order chi connectivity index (χ0) is 13.3. The van der Waals surface area contributed by atoms with Crippen molar-refractivity contribution in [2.45, 2.75) is 6.92 Å². The molecule has 0 saturated heterocycles. The molecule has 0 bridgehead atoms. The highest BCUT2D eigenvalue weighted by atomic mass is 79.9. The van der Waals surface area contributed by atoms with Gasteiger partial charge in [-0.2, -0.15) is 0 Å². The predicted octanol–water partition coefficient (Wildman–Crippen LogP) is 3.12. The Hall–Kier alpha value is -1.82. The third-order valence-corrected chi connectivity index (χ3v) is 3.12. The van der Waals surface area contributed by atoms with Crippen LogP contribution < -0.4 is 4.74 Å². The van der Waals surface area contributed by atoms with Crippen molar-refractivity contribution in [1.29, 1.82) is 0 Å². The van der Waals surface area contributed by atoms with Crippen LogP contribution in [0.3, 0.4) is 0 Å². The van der Waals surface area contributed by atoms with Crippen molar-refractivity contribution in [3.8, 4) is 17.0 Å². The van der Waals surface area contributed by atoms with Gasteiger partial charge in [0.1, 0.15) is 11.4 Å². The van der Waals surface area contributed by atoms with Gasteiger partial charge in [-0.3, -0.25) is 0 Å². The molecule has 2 rings (SSSR count). The molecule has 0 unspecified atom stereocenters. The number of halogens is 1. The summed E-state index contributed by atoms with van der Waals surface area (Å²) in [4.78, 5) is 10.8. The largest absolute Gasteiger partial charge is 0.495 e. The van der Waals surface area contributed by atoms with E-state index in [1.807, 2.05) is 19.1 Å². The summed E-state index contributed by atoms with van der Waals surface area (Å²) in [6.45, 7) is 1.89. The van der Waals surface area contributed by atoms with Gasteiger partial charge in [0.25, 0.3) is 0 Å². The molecule has 0 fully saturated rings. The van der Waals surface area contributed by atoms with Crippen LogP contribution in [-0.2, 0) is 0 Å². The molecule has 1 heterocycles. The van der Waals surface area contributed by atoms with Gasteiger partial charge in [-0.05, 0) is 34.5 Å². The van der Waals surface area contributed by atoms with Crippen molar-refractivity contribution in [3.63, 3.8) is 0 Å². The minimum absolute atomic E-state index is 0.202. The Kier molecular flexibility index (Phi) is 3.38. The first kappa shape index (κ1) is 12.6. The van der Waals surface area contributed by atoms with Crippen LogP contribution in [0.1, 0.15) is 16.1 Å². The third kappa shape index (κ3) is 2.11. The summed E-state index contributed by atoms with van der Waals surface area (Å²) in [6.07, 6.45) is 0. The van der Waals surface area contributed by atoms with Gasteiger partial charge >= 0.3 is 5.97 Å². The topological polar surface area (TPSA) is 72.6 Å². The Labute approximate surface area is 111 Å². The van der Waals surface area contributed by atoms with Gasteiger partial charge in [0.15, 0.2) is 0 Å². The summed E-state index contributed by atoms with van der Waals surface area (Å²) in [5.74, 6) is -0.757. The monoisotopic (exact) mass is 311 g/mol. The lowest BCUT2D eigenvalue weighted by molar-refractivity contribution is 0.0652. The number of aromatic carboxylic acids is 1. The van der Waals surface area contributed by atoms with E-state index in [2.05, 4.69) is 21.1 Å². The summed E-state index contributed by atoms with van der Waals surface area (Å²) >= 11 is 3.37. The van der Waals surface area contributed by atoms with Gasteiger partial charge < -0.3 is 14.4 Å². The molecule has 0 radical (unpaired) electrons. The zero-order valence-electron chi connectivity index (χ0n) is 9.73. The second-order valence-electron chi connectivity index (χ2n) is 3.65. The van der Waals surface area contributed by atoms with E-state index in [4.69, 9.17) is 14.4 Å². The number of carboxylic acid groups (broad SMARTS) is 1. The number of aromatic nitrogens is 1. The number of carbonyl (C=O) groups is 1. The summed E-state index contributed by atoms with van der Waals surface area (Å²) in [7, 11) is 1.54. The van der Waals surface area contributed by atoms with E-state index in [9.17, 15) is 4.79 Å². The van der Waals surface area contributed by atoms with Crippen molar-refractivity contribution < 1.29 is 19.2 Å². The SMILES string of the molecule is COc1c(Br)ccc(C)c1-c1cc(C(=O)O)on1. The molecular weight excluding hydrogens is 302 g/mol. The Balaban J connectivity index is 2.62. The highest BCUT2D eigenvalue weighted by Crippen LogP contribution is 2.38. The molecule has 18 heavy (non-hydrogen) atoms. The third-order valence-electron chi connectivity index (χ3n) is 2.50. The summed E-state index contributed by atoms with van der Waals surface area (Å²) in [5, 5.41) is 12.6. The van der Waals surface area contributed by atoms with Crippen LogP contribution in [0, 0.1) is 6.92 Å². The molecule has 0 aliphatic carbocycles. The van der Waals surface area contributed by atoms with E-state index >= 15 is 0 Å². The summed E-state index contributed by atoms with van der Waals surface area (Å²) in [6, 6.07) is 5.12. The second-order valence-corrected chi connectivity index (χ2v) is 4.51. The number of ether oxygens (including phenoxy) is 1. The number of hydrogen-bond donors (Lipinski definition) is 1. The Bertz CT molecular complexity index is 606. The maximum atomic E-state index is 10.8. The van der Waals surface area contributed by atoms with Crippen molar-refractivity contribution >= 4 is 21.9 Å². The lowest BCUT2D eigenvalue weighted by Crippen LogP contribution is -1.93. The fourth-order valence-electron chi connectivity index (χ4n) is 1.67. The van der Waals surface area contributed by atoms with E-state index in [0.29, 0.717) is 17.0 Å². The minimum atomic E-state index is -1.15. The van der Waals surface area contributed by atoms with Crippen molar-refractivity contribution in [2.75, 3.05) is 7.11 Å². The molecule has 6 heteroatoms. The first-order chi connectivity index (χ1) is 8.54. The van der Waals surface area contributed by atoms with E-state index in [1.54, 1.807) is 7.11 Å². The molecule has 0 aliphatic rings. The van der Waals surface area contributed by atoms with Crippen molar-refractivity contribution in [3.05, 3.63) is 34.0 Å². The van der Waals surface area contributed by atoms with Crippen LogP contribution in [0.5, 0.6) is 5.75 Å². The van der Waals surface area contributed by atoms with Gasteiger partial charge in [-0.15, -0.1) is 0 Å². The van der Waals surface area contributed by atoms with Crippen LogP contribution in [0.4, 0.5) is 0 Å². The summed E-state index contributed by atoms with van der Waals surface area (Å²) in [5.41, 5.74) is 2.06. The normalized spacial score (nSPS) is 10.4. The second kappa shape index (κ2) is 4.81. The maximum Gasteiger partial charge on any atom is 0.374 e. The molecule has 94 valence electrons. The number of benzene rings is 1. The van der Waals surface area contributed by atoms with E-state index in [1.165, 1.54) is 6.07 Å². The lowest BCUT2D eigenvalue weighted by atomic mass is 10.0. The number of rotatable bonds is 3. The summed E-state index contributed by atoms with van der Waals surface area (Å²) < 4.78 is 10.8. The Morgan fingerprint density at radius 2 is 2.22 bits per heavy atom. The van der Waals surface area contributed by atoms with Crippen LogP contribution in [0.15, 0.2) is 27.2 Å². The highest BCUT2D eigenvalue weighted by Gasteiger charge is 2.18. The lowest BCUT2D eigenvalue weighted by Gasteiger charge is -2.10. The van der Waals surface area contributed by atoms with Gasteiger partial charge in [0.2, 0.25) is 5.76 Å². The van der Waals surface area contributed by atoms with E-state index in [-0.39, 0.29) is 5.76 Å². The fraction of sp³-hybridized carbons (Fsp3) is 0.167. The van der Waals surface area contributed by atoms with Crippen LogP contribution in [-0.4, -0.2) is 23.3 Å². The molecule has 1 N–H and O–H groups in total. The maximum absolute atomic E-state index is 10.8. The first-order valence-corrected chi connectivity index (χ1v) is 5.87. The Morgan fingerprint density at radius 3 is 2.78 bits per heavy atom. The Morgan fingerprint density at radius 1 is 1.50 bits per heavy atom. The smallest absolute Gasteiger partial charge is 0.374 e. The molecule has 0 saturated carbocycles. The number of aryl methyl sites for hydroxylation is 1. The van der Waals surface area contributed by atoms with Crippen LogP contribution in [0.25, 0.3) is 11.3 Å². The quantitative estimate of drug-likeness (QED) is 0.942. The molecule has 2 aromatic rings. The zero-order valence-corrected chi connectivity index (χ0v) is 11.3. The molecule has 0 atom stereocenters. The molecule has 5 nitrogen and oxygen atoms in total. The number of carboxylic acids is 1. The van der Waals surface area contributed by atoms with E-state index in [0.717, 1.165) is 10.0 Å². The minimum Gasteiger partial charge on any atom is -0.495 e. The molecule has 0 aliphatic heterocycles. The molecule has 0 spiro atoms. The van der Waals surface area contributed by atoms with Crippen LogP contribution >= 0.6 is 15.9 Å².